The van der Waals surface area contributed by atoms with Crippen molar-refractivity contribution in [3.8, 4) is 0 Å². The fraction of sp³-hybridized carbons (Fsp3) is 0.462. The van der Waals surface area contributed by atoms with Crippen molar-refractivity contribution in [2.24, 2.45) is 0 Å². The Balaban J connectivity index is 0.00000128. The minimum Gasteiger partial charge on any atom is -0.314 e. The zero-order valence-electron chi connectivity index (χ0n) is 9.53. The number of aryl methyl sites for hydroxylation is 1. The summed E-state index contributed by atoms with van der Waals surface area (Å²) in [7, 11) is 0. The molecular weight excluding hydrogens is 222 g/mol. The molecule has 0 saturated carbocycles. The minimum absolute atomic E-state index is 0. The third kappa shape index (κ3) is 2.83. The molecule has 0 fully saturated rings. The summed E-state index contributed by atoms with van der Waals surface area (Å²) >= 11 is 0. The van der Waals surface area contributed by atoms with Gasteiger partial charge in [0, 0.05) is 18.0 Å². The van der Waals surface area contributed by atoms with Crippen molar-refractivity contribution < 1.29 is 4.79 Å². The Kier molecular flexibility index (Phi) is 4.97. The predicted molar refractivity (Wildman–Crippen MR) is 68.4 cm³/mol. The molecule has 0 aromatic heterocycles. The van der Waals surface area contributed by atoms with Crippen LogP contribution in [-0.4, -0.2) is 18.4 Å². The summed E-state index contributed by atoms with van der Waals surface area (Å²) in [5.41, 5.74) is 2.14. The van der Waals surface area contributed by atoms with Gasteiger partial charge >= 0.3 is 0 Å². The highest BCUT2D eigenvalue weighted by atomic mass is 35.5. The number of carbonyl (C=O) groups is 1. The summed E-state index contributed by atoms with van der Waals surface area (Å²) in [5.74, 6) is 0.286. The number of nitrogens with one attached hydrogen (secondary N) is 1. The van der Waals surface area contributed by atoms with Crippen LogP contribution in [0.2, 0.25) is 0 Å². The van der Waals surface area contributed by atoms with E-state index < -0.39 is 0 Å². The Morgan fingerprint density at radius 2 is 2.12 bits per heavy atom. The van der Waals surface area contributed by atoms with E-state index in [1.807, 2.05) is 18.2 Å². The molecule has 0 bridgehead atoms. The van der Waals surface area contributed by atoms with Gasteiger partial charge in [-0.25, -0.2) is 0 Å². The number of hydrogen-bond donors (Lipinski definition) is 1. The Bertz CT molecular complexity index is 365. The largest absolute Gasteiger partial charge is 0.314 e. The van der Waals surface area contributed by atoms with Crippen LogP contribution in [0.25, 0.3) is 0 Å². The number of halogens is 1. The molecule has 2 rings (SSSR count). The molecule has 0 aliphatic heterocycles. The second kappa shape index (κ2) is 6.02. The van der Waals surface area contributed by atoms with Gasteiger partial charge in [-0.1, -0.05) is 31.2 Å². The highest BCUT2D eigenvalue weighted by molar-refractivity contribution is 5.98. The van der Waals surface area contributed by atoms with Crippen LogP contribution in [0.15, 0.2) is 24.3 Å². The van der Waals surface area contributed by atoms with Gasteiger partial charge in [0.05, 0.1) is 0 Å². The maximum absolute atomic E-state index is 12.0. The number of carbonyl (C=O) groups excluding carboxylic acids is 1. The lowest BCUT2D eigenvalue weighted by Gasteiger charge is -2.13. The highest BCUT2D eigenvalue weighted by Crippen LogP contribution is 2.20. The zero-order chi connectivity index (χ0) is 10.7. The molecule has 88 valence electrons. The molecule has 2 nitrogen and oxygen atoms in total. The van der Waals surface area contributed by atoms with Crippen LogP contribution in [0, 0.1) is 0 Å². The van der Waals surface area contributed by atoms with Crippen LogP contribution in [-0.2, 0) is 6.42 Å². The third-order valence-electron chi connectivity index (χ3n) is 3.00. The van der Waals surface area contributed by atoms with Crippen LogP contribution in [0.5, 0.6) is 0 Å². The molecule has 0 radical (unpaired) electrons. The van der Waals surface area contributed by atoms with Gasteiger partial charge in [0.25, 0.3) is 0 Å². The van der Waals surface area contributed by atoms with Gasteiger partial charge in [0.1, 0.15) is 0 Å². The zero-order valence-corrected chi connectivity index (χ0v) is 10.3. The van der Waals surface area contributed by atoms with Crippen LogP contribution >= 0.6 is 12.4 Å². The van der Waals surface area contributed by atoms with Crippen molar-refractivity contribution in [1.29, 1.82) is 0 Å². The molecule has 1 N–H and O–H groups in total. The first-order chi connectivity index (χ1) is 7.31. The molecule has 0 amide bonds. The van der Waals surface area contributed by atoms with Crippen LogP contribution in [0.3, 0.4) is 0 Å². The number of rotatable bonds is 2. The van der Waals surface area contributed by atoms with Crippen molar-refractivity contribution in [1.82, 2.24) is 5.32 Å². The summed E-state index contributed by atoms with van der Waals surface area (Å²) in [6, 6.07) is 8.34. The second-order valence-corrected chi connectivity index (χ2v) is 4.08. The lowest BCUT2D eigenvalue weighted by Crippen LogP contribution is -2.30. The summed E-state index contributed by atoms with van der Waals surface area (Å²) in [5, 5.41) is 3.37. The SMILES string of the molecule is CCNC1CCc2ccccc2C(=O)C1.Cl. The minimum atomic E-state index is 0. The number of Topliss-reactive ketones (excluding diaryl/α,β-unsaturated/α-hetero) is 1. The van der Waals surface area contributed by atoms with Crippen LogP contribution in [0.4, 0.5) is 0 Å². The first-order valence-electron chi connectivity index (χ1n) is 5.65. The number of benzene rings is 1. The van der Waals surface area contributed by atoms with E-state index in [1.54, 1.807) is 0 Å². The maximum atomic E-state index is 12.0. The molecule has 0 saturated heterocycles. The lowest BCUT2D eigenvalue weighted by molar-refractivity contribution is 0.0971. The molecule has 1 unspecified atom stereocenters. The van der Waals surface area contributed by atoms with Crippen molar-refractivity contribution in [3.63, 3.8) is 0 Å². The summed E-state index contributed by atoms with van der Waals surface area (Å²) in [6.07, 6.45) is 2.72. The van der Waals surface area contributed by atoms with E-state index in [1.165, 1.54) is 5.56 Å². The molecule has 1 aromatic carbocycles. The Labute approximate surface area is 103 Å². The van der Waals surface area contributed by atoms with Crippen LogP contribution in [0.1, 0.15) is 35.7 Å². The smallest absolute Gasteiger partial charge is 0.164 e. The monoisotopic (exact) mass is 239 g/mol. The molecule has 0 spiro atoms. The fourth-order valence-electron chi connectivity index (χ4n) is 2.24. The molecule has 1 aliphatic carbocycles. The molecule has 1 aliphatic rings. The molecular formula is C13H18ClNO. The number of hydrogen-bond acceptors (Lipinski definition) is 2. The average molecular weight is 240 g/mol. The maximum Gasteiger partial charge on any atom is 0.164 e. The second-order valence-electron chi connectivity index (χ2n) is 4.08. The molecule has 0 heterocycles. The van der Waals surface area contributed by atoms with Gasteiger partial charge in [-0.3, -0.25) is 4.79 Å². The van der Waals surface area contributed by atoms with E-state index in [2.05, 4.69) is 18.3 Å². The normalized spacial score (nSPS) is 19.6. The molecule has 1 atom stereocenters. The average Bonchev–Trinajstić information content (AvgIpc) is 2.40. The summed E-state index contributed by atoms with van der Waals surface area (Å²) in [6.45, 7) is 3.02. The van der Waals surface area contributed by atoms with Crippen molar-refractivity contribution in [2.75, 3.05) is 6.54 Å². The Morgan fingerprint density at radius 1 is 1.38 bits per heavy atom. The van der Waals surface area contributed by atoms with E-state index >= 15 is 0 Å². The van der Waals surface area contributed by atoms with Gasteiger partial charge in [0.2, 0.25) is 0 Å². The van der Waals surface area contributed by atoms with Crippen molar-refractivity contribution in [3.05, 3.63) is 35.4 Å². The van der Waals surface area contributed by atoms with E-state index in [4.69, 9.17) is 0 Å². The predicted octanol–water partition coefficient (Wildman–Crippen LogP) is 2.61. The molecule has 16 heavy (non-hydrogen) atoms. The standard InChI is InChI=1S/C13H17NO.ClH/c1-2-14-11-8-7-10-5-3-4-6-12(10)13(15)9-11;/h3-6,11,14H,2,7-9H2,1H3;1H. The summed E-state index contributed by atoms with van der Waals surface area (Å²) < 4.78 is 0. The van der Waals surface area contributed by atoms with E-state index in [9.17, 15) is 4.79 Å². The summed E-state index contributed by atoms with van der Waals surface area (Å²) in [4.78, 5) is 12.0. The first-order valence-corrected chi connectivity index (χ1v) is 5.65. The molecule has 3 heteroatoms. The van der Waals surface area contributed by atoms with Crippen molar-refractivity contribution >= 4 is 18.2 Å². The quantitative estimate of drug-likeness (QED) is 0.804. The first kappa shape index (κ1) is 13.2. The molecule has 1 aromatic rings. The van der Waals surface area contributed by atoms with Crippen LogP contribution < -0.4 is 5.32 Å². The van der Waals surface area contributed by atoms with Gasteiger partial charge in [0.15, 0.2) is 5.78 Å². The topological polar surface area (TPSA) is 29.1 Å². The number of fused-ring (bicyclic) bond motifs is 1. The number of ketones is 1. The van der Waals surface area contributed by atoms with Crippen molar-refractivity contribution in [2.45, 2.75) is 32.2 Å². The van der Waals surface area contributed by atoms with E-state index in [-0.39, 0.29) is 18.2 Å². The van der Waals surface area contributed by atoms with Gasteiger partial charge in [-0.05, 0) is 24.9 Å². The Hall–Kier alpha value is -0.860. The lowest BCUT2D eigenvalue weighted by atomic mass is 10.0. The third-order valence-corrected chi connectivity index (χ3v) is 3.00. The fourth-order valence-corrected chi connectivity index (χ4v) is 2.24. The van der Waals surface area contributed by atoms with E-state index in [0.29, 0.717) is 12.5 Å². The Morgan fingerprint density at radius 3 is 2.88 bits per heavy atom. The van der Waals surface area contributed by atoms with Gasteiger partial charge < -0.3 is 5.32 Å². The van der Waals surface area contributed by atoms with E-state index in [0.717, 1.165) is 24.9 Å². The van der Waals surface area contributed by atoms with Gasteiger partial charge in [-0.15, -0.1) is 12.4 Å². The van der Waals surface area contributed by atoms with Gasteiger partial charge in [-0.2, -0.15) is 0 Å². The highest BCUT2D eigenvalue weighted by Gasteiger charge is 2.20.